The van der Waals surface area contributed by atoms with Crippen molar-refractivity contribution in [2.45, 2.75) is 38.8 Å². The number of likely N-dealkylation sites (N-methyl/N-ethyl adjacent to an activating group) is 1. The minimum atomic E-state index is 0.579. The molecule has 0 spiro atoms. The van der Waals surface area contributed by atoms with E-state index in [2.05, 4.69) is 31.1 Å². The average Bonchev–Trinajstić information content (AvgIpc) is 2.99. The molecule has 1 rings (SSSR count). The second kappa shape index (κ2) is 6.46. The van der Waals surface area contributed by atoms with Crippen LogP contribution in [0.1, 0.15) is 26.7 Å². The average molecular weight is 214 g/mol. The van der Waals surface area contributed by atoms with Crippen LogP contribution in [0.2, 0.25) is 0 Å². The van der Waals surface area contributed by atoms with Gasteiger partial charge in [-0.3, -0.25) is 0 Å². The van der Waals surface area contributed by atoms with Crippen molar-refractivity contribution in [1.82, 2.24) is 10.2 Å². The van der Waals surface area contributed by atoms with Crippen LogP contribution in [0, 0.1) is 5.92 Å². The van der Waals surface area contributed by atoms with Crippen molar-refractivity contribution in [3.05, 3.63) is 0 Å². The van der Waals surface area contributed by atoms with Crippen LogP contribution >= 0.6 is 0 Å². The third-order valence-corrected chi connectivity index (χ3v) is 3.29. The third-order valence-electron chi connectivity index (χ3n) is 3.29. The molecule has 1 fully saturated rings. The molecular weight excluding hydrogens is 188 g/mol. The molecule has 15 heavy (non-hydrogen) atoms. The fourth-order valence-electron chi connectivity index (χ4n) is 1.72. The van der Waals surface area contributed by atoms with Gasteiger partial charge in [-0.1, -0.05) is 0 Å². The van der Waals surface area contributed by atoms with E-state index in [9.17, 15) is 0 Å². The lowest BCUT2D eigenvalue weighted by atomic mass is 10.2. The molecule has 0 radical (unpaired) electrons. The van der Waals surface area contributed by atoms with Crippen molar-refractivity contribution >= 4 is 0 Å². The van der Waals surface area contributed by atoms with Gasteiger partial charge >= 0.3 is 0 Å². The number of hydrogen-bond acceptors (Lipinski definition) is 3. The van der Waals surface area contributed by atoms with Gasteiger partial charge in [0.2, 0.25) is 0 Å². The summed E-state index contributed by atoms with van der Waals surface area (Å²) in [5.41, 5.74) is 0. The van der Waals surface area contributed by atoms with Crippen LogP contribution in [0.4, 0.5) is 0 Å². The molecule has 0 bridgehead atoms. The van der Waals surface area contributed by atoms with Crippen LogP contribution in [0.5, 0.6) is 0 Å². The second-order valence-corrected chi connectivity index (χ2v) is 4.93. The molecule has 90 valence electrons. The molecule has 0 aliphatic heterocycles. The summed E-state index contributed by atoms with van der Waals surface area (Å²) < 4.78 is 5.23. The topological polar surface area (TPSA) is 24.5 Å². The smallest absolute Gasteiger partial charge is 0.0618 e. The van der Waals surface area contributed by atoms with Crippen molar-refractivity contribution in [3.63, 3.8) is 0 Å². The van der Waals surface area contributed by atoms with Gasteiger partial charge in [0.1, 0.15) is 0 Å². The normalized spacial score (nSPS) is 18.8. The molecule has 1 unspecified atom stereocenters. The van der Waals surface area contributed by atoms with Crippen molar-refractivity contribution in [2.24, 2.45) is 5.92 Å². The van der Waals surface area contributed by atoms with Crippen LogP contribution in [0.25, 0.3) is 0 Å². The number of ether oxygens (including phenoxy) is 1. The summed E-state index contributed by atoms with van der Waals surface area (Å²) in [6, 6.07) is 1.21. The quantitative estimate of drug-likeness (QED) is 0.660. The van der Waals surface area contributed by atoms with Gasteiger partial charge in [0.15, 0.2) is 0 Å². The second-order valence-electron chi connectivity index (χ2n) is 4.93. The third kappa shape index (κ3) is 4.96. The summed E-state index contributed by atoms with van der Waals surface area (Å²) in [6.45, 7) is 7.50. The molecule has 1 aliphatic rings. The van der Waals surface area contributed by atoms with Gasteiger partial charge in [0.05, 0.1) is 6.61 Å². The molecule has 3 heteroatoms. The Bertz CT molecular complexity index is 169. The number of rotatable bonds is 8. The van der Waals surface area contributed by atoms with Gasteiger partial charge in [-0.05, 0) is 39.7 Å². The standard InChI is InChI=1S/C12H26N2O/c1-10(2)14(3)8-7-13-12(9-15-4)11-5-6-11/h10-13H,5-9H2,1-4H3. The zero-order chi connectivity index (χ0) is 11.3. The minimum absolute atomic E-state index is 0.579. The highest BCUT2D eigenvalue weighted by Gasteiger charge is 2.30. The predicted molar refractivity (Wildman–Crippen MR) is 64.2 cm³/mol. The number of nitrogens with zero attached hydrogens (tertiary/aromatic N) is 1. The van der Waals surface area contributed by atoms with Gasteiger partial charge < -0.3 is 15.0 Å². The summed E-state index contributed by atoms with van der Waals surface area (Å²) >= 11 is 0. The SMILES string of the molecule is COCC(NCCN(C)C(C)C)C1CC1. The van der Waals surface area contributed by atoms with Gasteiger partial charge in [-0.15, -0.1) is 0 Å². The largest absolute Gasteiger partial charge is 0.383 e. The van der Waals surface area contributed by atoms with E-state index in [1.54, 1.807) is 7.11 Å². The highest BCUT2D eigenvalue weighted by molar-refractivity contribution is 4.86. The Morgan fingerprint density at radius 1 is 1.40 bits per heavy atom. The molecule has 0 saturated heterocycles. The number of hydrogen-bond donors (Lipinski definition) is 1. The highest BCUT2D eigenvalue weighted by Crippen LogP contribution is 2.32. The van der Waals surface area contributed by atoms with Crippen LogP contribution in [-0.4, -0.2) is 50.8 Å². The van der Waals surface area contributed by atoms with E-state index in [1.165, 1.54) is 12.8 Å². The van der Waals surface area contributed by atoms with Gasteiger partial charge in [-0.2, -0.15) is 0 Å². The van der Waals surface area contributed by atoms with E-state index in [4.69, 9.17) is 4.74 Å². The molecule has 0 aromatic rings. The number of methoxy groups -OCH3 is 1. The zero-order valence-corrected chi connectivity index (χ0v) is 10.6. The van der Waals surface area contributed by atoms with Crippen molar-refractivity contribution in [1.29, 1.82) is 0 Å². The van der Waals surface area contributed by atoms with Gasteiger partial charge in [0, 0.05) is 32.3 Å². The summed E-state index contributed by atoms with van der Waals surface area (Å²) in [4.78, 5) is 2.36. The molecule has 1 aliphatic carbocycles. The molecule has 0 amide bonds. The maximum atomic E-state index is 5.23. The Kier molecular flexibility index (Phi) is 5.58. The fraction of sp³-hybridized carbons (Fsp3) is 1.00. The molecule has 1 saturated carbocycles. The Hall–Kier alpha value is -0.120. The summed E-state index contributed by atoms with van der Waals surface area (Å²) in [5, 5.41) is 3.60. The van der Waals surface area contributed by atoms with Crippen LogP contribution in [0.15, 0.2) is 0 Å². The molecule has 1 atom stereocenters. The van der Waals surface area contributed by atoms with E-state index in [0.29, 0.717) is 12.1 Å². The first kappa shape index (κ1) is 12.9. The summed E-state index contributed by atoms with van der Waals surface area (Å²) in [5.74, 6) is 0.870. The Labute approximate surface area is 94.2 Å². The maximum Gasteiger partial charge on any atom is 0.0618 e. The zero-order valence-electron chi connectivity index (χ0n) is 10.6. The first-order valence-corrected chi connectivity index (χ1v) is 6.07. The van der Waals surface area contributed by atoms with Crippen molar-refractivity contribution in [2.75, 3.05) is 33.9 Å². The molecule has 0 aromatic heterocycles. The predicted octanol–water partition coefficient (Wildman–Crippen LogP) is 1.34. The first-order valence-electron chi connectivity index (χ1n) is 6.07. The molecule has 0 heterocycles. The van der Waals surface area contributed by atoms with E-state index in [0.717, 1.165) is 25.6 Å². The van der Waals surface area contributed by atoms with Crippen LogP contribution in [-0.2, 0) is 4.74 Å². The van der Waals surface area contributed by atoms with Gasteiger partial charge in [0.25, 0.3) is 0 Å². The highest BCUT2D eigenvalue weighted by atomic mass is 16.5. The Morgan fingerprint density at radius 2 is 2.07 bits per heavy atom. The van der Waals surface area contributed by atoms with E-state index >= 15 is 0 Å². The van der Waals surface area contributed by atoms with Crippen LogP contribution in [0.3, 0.4) is 0 Å². The van der Waals surface area contributed by atoms with E-state index in [-0.39, 0.29) is 0 Å². The lowest BCUT2D eigenvalue weighted by Crippen LogP contribution is -2.41. The minimum Gasteiger partial charge on any atom is -0.383 e. The lowest BCUT2D eigenvalue weighted by molar-refractivity contribution is 0.154. The molecular formula is C12H26N2O. The Balaban J connectivity index is 2.10. The molecule has 0 aromatic carbocycles. The fourth-order valence-corrected chi connectivity index (χ4v) is 1.72. The van der Waals surface area contributed by atoms with E-state index in [1.807, 2.05) is 0 Å². The van der Waals surface area contributed by atoms with E-state index < -0.39 is 0 Å². The number of nitrogens with one attached hydrogen (secondary N) is 1. The van der Waals surface area contributed by atoms with Crippen LogP contribution < -0.4 is 5.32 Å². The van der Waals surface area contributed by atoms with Crippen molar-refractivity contribution in [3.8, 4) is 0 Å². The molecule has 3 nitrogen and oxygen atoms in total. The van der Waals surface area contributed by atoms with Crippen molar-refractivity contribution < 1.29 is 4.74 Å². The van der Waals surface area contributed by atoms with Gasteiger partial charge in [-0.25, -0.2) is 0 Å². The monoisotopic (exact) mass is 214 g/mol. The maximum absolute atomic E-state index is 5.23. The first-order chi connectivity index (χ1) is 7.15. The summed E-state index contributed by atoms with van der Waals surface area (Å²) in [7, 11) is 3.96. The molecule has 1 N–H and O–H groups in total. The lowest BCUT2D eigenvalue weighted by Gasteiger charge is -2.23. The Morgan fingerprint density at radius 3 is 2.53 bits per heavy atom. The summed E-state index contributed by atoms with van der Waals surface area (Å²) in [6.07, 6.45) is 2.75.